The predicted molar refractivity (Wildman–Crippen MR) is 75.8 cm³/mol. The Morgan fingerprint density at radius 1 is 0.944 bits per heavy atom. The normalized spacial score (nSPS) is 10.3. The predicted octanol–water partition coefficient (Wildman–Crippen LogP) is 4.57. The minimum absolute atomic E-state index is 0. The van der Waals surface area contributed by atoms with Crippen molar-refractivity contribution in [3.63, 3.8) is 0 Å². The summed E-state index contributed by atoms with van der Waals surface area (Å²) in [6.45, 7) is 4.26. The molecule has 18 heavy (non-hydrogen) atoms. The number of rotatable bonds is 0. The second-order valence-electron chi connectivity index (χ2n) is 4.37. The number of aryl methyl sites for hydroxylation is 2. The van der Waals surface area contributed by atoms with Crippen LogP contribution in [0, 0.1) is 34.8 Å². The van der Waals surface area contributed by atoms with Gasteiger partial charge in [0.1, 0.15) is 0 Å². The van der Waals surface area contributed by atoms with Gasteiger partial charge < -0.3 is 14.9 Å². The minimum atomic E-state index is 0. The molecule has 0 N–H and O–H groups in total. The van der Waals surface area contributed by atoms with Crippen molar-refractivity contribution in [1.82, 2.24) is 0 Å². The van der Waals surface area contributed by atoms with Gasteiger partial charge in [-0.2, -0.15) is 23.8 Å². The molecule has 0 fully saturated rings. The molecule has 0 aromatic heterocycles. The second kappa shape index (κ2) is 6.47. The van der Waals surface area contributed by atoms with Gasteiger partial charge in [0, 0.05) is 0 Å². The van der Waals surface area contributed by atoms with Crippen LogP contribution in [0.4, 0.5) is 0 Å². The standard InChI is InChI=1S/C15H13.2CH3.Hf/c1-10-3-5-14-12(7-10)9-13-8-11(2)4-6-15(13)14;;;/h3-7H,9H2,1-2H3;2*1H3;/q3*-1;+4. The Kier molecular flexibility index (Phi) is 6.22. The molecule has 2 aromatic carbocycles. The molecule has 1 heteroatoms. The van der Waals surface area contributed by atoms with Crippen LogP contribution in [0.5, 0.6) is 0 Å². The average molecular weight is 402 g/mol. The third-order valence-electron chi connectivity index (χ3n) is 3.09. The van der Waals surface area contributed by atoms with Gasteiger partial charge >= 0.3 is 25.8 Å². The maximum atomic E-state index is 3.45. The summed E-state index contributed by atoms with van der Waals surface area (Å²) in [5.41, 5.74) is 8.15. The molecule has 1 aliphatic carbocycles. The van der Waals surface area contributed by atoms with E-state index >= 15 is 0 Å². The SMILES string of the molecule is Cc1[c-]c2c(cc1)-c1ccc(C)cc1C2.[CH3-].[CH3-].[Hf+4]. The maximum Gasteiger partial charge on any atom is 4.00 e. The quantitative estimate of drug-likeness (QED) is 0.382. The zero-order valence-corrected chi connectivity index (χ0v) is 15.2. The van der Waals surface area contributed by atoms with Gasteiger partial charge in [0.25, 0.3) is 0 Å². The maximum absolute atomic E-state index is 3.45. The molecule has 0 heterocycles. The van der Waals surface area contributed by atoms with Crippen molar-refractivity contribution in [2.45, 2.75) is 20.3 Å². The third-order valence-corrected chi connectivity index (χ3v) is 3.09. The Morgan fingerprint density at radius 2 is 1.61 bits per heavy atom. The van der Waals surface area contributed by atoms with Gasteiger partial charge in [0.05, 0.1) is 0 Å². The van der Waals surface area contributed by atoms with Crippen molar-refractivity contribution < 1.29 is 25.8 Å². The summed E-state index contributed by atoms with van der Waals surface area (Å²) < 4.78 is 0. The van der Waals surface area contributed by atoms with Crippen LogP contribution in [-0.2, 0) is 32.3 Å². The molecule has 90 valence electrons. The summed E-state index contributed by atoms with van der Waals surface area (Å²) in [6.07, 6.45) is 1.05. The third kappa shape index (κ3) is 2.83. The van der Waals surface area contributed by atoms with Crippen LogP contribution < -0.4 is 0 Å². The van der Waals surface area contributed by atoms with Gasteiger partial charge in [-0.25, -0.2) is 0 Å². The first-order chi connectivity index (χ1) is 7.24. The van der Waals surface area contributed by atoms with Crippen LogP contribution >= 0.6 is 0 Å². The van der Waals surface area contributed by atoms with Crippen molar-refractivity contribution in [2.75, 3.05) is 0 Å². The second-order valence-corrected chi connectivity index (χ2v) is 4.37. The molecule has 0 spiro atoms. The molecule has 0 nitrogen and oxygen atoms in total. The van der Waals surface area contributed by atoms with Crippen molar-refractivity contribution in [3.8, 4) is 11.1 Å². The molecule has 2 aromatic rings. The van der Waals surface area contributed by atoms with E-state index in [9.17, 15) is 0 Å². The van der Waals surface area contributed by atoms with Crippen LogP contribution in [0.25, 0.3) is 11.1 Å². The smallest absolute Gasteiger partial charge is 0.358 e. The molecule has 3 rings (SSSR count). The molecular weight excluding hydrogens is 383 g/mol. The van der Waals surface area contributed by atoms with E-state index in [4.69, 9.17) is 0 Å². The Hall–Kier alpha value is -0.690. The summed E-state index contributed by atoms with van der Waals surface area (Å²) >= 11 is 0. The Bertz CT molecular complexity index is 492. The fraction of sp³-hybridized carbons (Fsp3) is 0.176. The first kappa shape index (κ1) is 17.3. The van der Waals surface area contributed by atoms with Crippen molar-refractivity contribution >= 4 is 0 Å². The van der Waals surface area contributed by atoms with Gasteiger partial charge in [-0.1, -0.05) is 36.2 Å². The van der Waals surface area contributed by atoms with Crippen molar-refractivity contribution in [3.05, 3.63) is 73.5 Å². The van der Waals surface area contributed by atoms with E-state index in [1.165, 1.54) is 33.4 Å². The summed E-state index contributed by atoms with van der Waals surface area (Å²) in [7, 11) is 0. The van der Waals surface area contributed by atoms with E-state index in [0.29, 0.717) is 0 Å². The fourth-order valence-electron chi connectivity index (χ4n) is 2.37. The molecule has 0 atom stereocenters. The molecule has 1 aliphatic rings. The Morgan fingerprint density at radius 3 is 2.33 bits per heavy atom. The van der Waals surface area contributed by atoms with Gasteiger partial charge in [0.2, 0.25) is 0 Å². The monoisotopic (exact) mass is 403 g/mol. The molecular formula is C17H19Hf+. The fourth-order valence-corrected chi connectivity index (χ4v) is 2.37. The number of fused-ring (bicyclic) bond motifs is 3. The summed E-state index contributed by atoms with van der Waals surface area (Å²) in [6, 6.07) is 14.5. The average Bonchev–Trinajstić information content (AvgIpc) is 2.53. The number of benzene rings is 2. The van der Waals surface area contributed by atoms with Crippen LogP contribution in [0.15, 0.2) is 30.3 Å². The number of hydrogen-bond donors (Lipinski definition) is 0. The summed E-state index contributed by atoms with van der Waals surface area (Å²) in [5.74, 6) is 0. The van der Waals surface area contributed by atoms with Crippen LogP contribution in [0.1, 0.15) is 22.3 Å². The van der Waals surface area contributed by atoms with Gasteiger partial charge in [0.15, 0.2) is 0 Å². The summed E-state index contributed by atoms with van der Waals surface area (Å²) in [4.78, 5) is 0. The van der Waals surface area contributed by atoms with E-state index in [2.05, 4.69) is 50.2 Å². The van der Waals surface area contributed by atoms with E-state index in [-0.39, 0.29) is 40.7 Å². The largest absolute Gasteiger partial charge is 4.00 e. The zero-order valence-electron chi connectivity index (χ0n) is 11.6. The van der Waals surface area contributed by atoms with E-state index in [1.807, 2.05) is 0 Å². The summed E-state index contributed by atoms with van der Waals surface area (Å²) in [5, 5.41) is 0. The molecule has 0 saturated heterocycles. The topological polar surface area (TPSA) is 0 Å². The van der Waals surface area contributed by atoms with Crippen LogP contribution in [0.3, 0.4) is 0 Å². The molecule has 0 aliphatic heterocycles. The van der Waals surface area contributed by atoms with Gasteiger partial charge in [-0.15, -0.1) is 11.1 Å². The van der Waals surface area contributed by atoms with Crippen LogP contribution in [0.2, 0.25) is 0 Å². The van der Waals surface area contributed by atoms with Crippen LogP contribution in [-0.4, -0.2) is 0 Å². The first-order valence-electron chi connectivity index (χ1n) is 5.36. The Labute approximate surface area is 130 Å². The van der Waals surface area contributed by atoms with E-state index in [0.717, 1.165) is 6.42 Å². The van der Waals surface area contributed by atoms with Gasteiger partial charge in [-0.3, -0.25) is 0 Å². The molecule has 0 radical (unpaired) electrons. The molecule has 0 saturated carbocycles. The van der Waals surface area contributed by atoms with Crippen molar-refractivity contribution in [1.29, 1.82) is 0 Å². The minimum Gasteiger partial charge on any atom is -0.358 e. The van der Waals surface area contributed by atoms with E-state index in [1.54, 1.807) is 0 Å². The zero-order chi connectivity index (χ0) is 10.4. The number of hydrogen-bond acceptors (Lipinski definition) is 0. The molecule has 0 bridgehead atoms. The van der Waals surface area contributed by atoms with E-state index < -0.39 is 0 Å². The van der Waals surface area contributed by atoms with Gasteiger partial charge in [-0.05, 0) is 18.9 Å². The molecule has 0 unspecified atom stereocenters. The Balaban J connectivity index is 0.000000963. The van der Waals surface area contributed by atoms with Crippen molar-refractivity contribution in [2.24, 2.45) is 0 Å². The first-order valence-corrected chi connectivity index (χ1v) is 5.36. The molecule has 0 amide bonds.